The zero-order valence-electron chi connectivity index (χ0n) is 14.4. The van der Waals surface area contributed by atoms with Crippen molar-refractivity contribution >= 4 is 23.3 Å². The van der Waals surface area contributed by atoms with Gasteiger partial charge in [-0.1, -0.05) is 17.7 Å². The smallest absolute Gasteiger partial charge is 0.257 e. The number of aromatic nitrogens is 3. The molecule has 4 rings (SSSR count). The molecule has 1 N–H and O–H groups in total. The quantitative estimate of drug-likeness (QED) is 0.705. The highest BCUT2D eigenvalue weighted by Crippen LogP contribution is 2.27. The van der Waals surface area contributed by atoms with E-state index in [2.05, 4.69) is 15.0 Å². The summed E-state index contributed by atoms with van der Waals surface area (Å²) in [5, 5.41) is 0.435. The van der Waals surface area contributed by atoms with Crippen LogP contribution in [0, 0.1) is 5.92 Å². The molecular formula is C20H17ClN4O2. The van der Waals surface area contributed by atoms with Gasteiger partial charge in [0.15, 0.2) is 0 Å². The Morgan fingerprint density at radius 2 is 1.93 bits per heavy atom. The Bertz CT molecular complexity index is 1020. The Hall–Kier alpha value is -2.99. The zero-order valence-corrected chi connectivity index (χ0v) is 15.2. The third-order valence-corrected chi connectivity index (χ3v) is 4.99. The van der Waals surface area contributed by atoms with Crippen molar-refractivity contribution in [2.75, 3.05) is 11.4 Å². The van der Waals surface area contributed by atoms with Gasteiger partial charge in [0, 0.05) is 36.6 Å². The molecule has 1 amide bonds. The number of hydrogen-bond acceptors (Lipinski definition) is 4. The molecule has 1 unspecified atom stereocenters. The minimum absolute atomic E-state index is 0.0114. The van der Waals surface area contributed by atoms with Gasteiger partial charge in [-0.05, 0) is 54.3 Å². The van der Waals surface area contributed by atoms with Crippen LogP contribution < -0.4 is 10.5 Å². The molecule has 136 valence electrons. The first kappa shape index (κ1) is 17.4. The first-order valence-corrected chi connectivity index (χ1v) is 9.05. The fourth-order valence-corrected chi connectivity index (χ4v) is 3.47. The third-order valence-electron chi connectivity index (χ3n) is 4.76. The van der Waals surface area contributed by atoms with E-state index in [0.29, 0.717) is 29.5 Å². The van der Waals surface area contributed by atoms with Crippen LogP contribution in [0.1, 0.15) is 12.0 Å². The molecule has 0 saturated carbocycles. The lowest BCUT2D eigenvalue weighted by atomic mass is 9.99. The van der Waals surface area contributed by atoms with E-state index in [-0.39, 0.29) is 17.4 Å². The summed E-state index contributed by atoms with van der Waals surface area (Å²) in [6.07, 6.45) is 6.32. The second-order valence-corrected chi connectivity index (χ2v) is 6.88. The Morgan fingerprint density at radius 3 is 2.63 bits per heavy atom. The molecule has 0 bridgehead atoms. The number of carbonyl (C=O) groups excluding carboxylic acids is 1. The highest BCUT2D eigenvalue weighted by molar-refractivity contribution is 6.29. The fraction of sp³-hybridized carbons (Fsp3) is 0.200. The molecule has 27 heavy (non-hydrogen) atoms. The molecule has 6 nitrogen and oxygen atoms in total. The first-order valence-electron chi connectivity index (χ1n) is 8.67. The predicted molar refractivity (Wildman–Crippen MR) is 104 cm³/mol. The van der Waals surface area contributed by atoms with Gasteiger partial charge in [-0.15, -0.1) is 0 Å². The topological polar surface area (TPSA) is 79.0 Å². The van der Waals surface area contributed by atoms with Crippen molar-refractivity contribution < 1.29 is 4.79 Å². The van der Waals surface area contributed by atoms with E-state index in [9.17, 15) is 9.59 Å². The van der Waals surface area contributed by atoms with E-state index in [1.807, 2.05) is 6.07 Å². The standard InChI is InChI=1S/C20H17ClN4O2/c21-17-3-1-13(12-23-17)11-15-7-10-25(20(15)27)18-4-2-16(19(26)24-18)14-5-8-22-9-6-14/h1-6,8-9,12,15H,7,10-11H2,(H,24,26). The van der Waals surface area contributed by atoms with Crippen LogP contribution in [0.3, 0.4) is 0 Å². The Kier molecular flexibility index (Phi) is 4.73. The van der Waals surface area contributed by atoms with E-state index >= 15 is 0 Å². The van der Waals surface area contributed by atoms with Crippen LogP contribution in [0.2, 0.25) is 5.15 Å². The maximum Gasteiger partial charge on any atom is 0.257 e. The highest BCUT2D eigenvalue weighted by atomic mass is 35.5. The summed E-state index contributed by atoms with van der Waals surface area (Å²) in [5.74, 6) is 0.410. The van der Waals surface area contributed by atoms with Crippen molar-refractivity contribution in [1.82, 2.24) is 15.0 Å². The van der Waals surface area contributed by atoms with E-state index in [1.54, 1.807) is 53.8 Å². The third kappa shape index (κ3) is 3.61. The van der Waals surface area contributed by atoms with Crippen LogP contribution in [0.15, 0.2) is 59.8 Å². The molecule has 1 atom stereocenters. The number of hydrogen-bond donors (Lipinski definition) is 1. The van der Waals surface area contributed by atoms with Gasteiger partial charge >= 0.3 is 0 Å². The average molecular weight is 381 g/mol. The summed E-state index contributed by atoms with van der Waals surface area (Å²) in [5.41, 5.74) is 2.09. The maximum absolute atomic E-state index is 12.8. The predicted octanol–water partition coefficient (Wildman–Crippen LogP) is 3.08. The molecule has 1 aliphatic rings. The number of aromatic amines is 1. The van der Waals surface area contributed by atoms with E-state index < -0.39 is 0 Å². The maximum atomic E-state index is 12.8. The second-order valence-electron chi connectivity index (χ2n) is 6.49. The van der Waals surface area contributed by atoms with Crippen molar-refractivity contribution in [2.24, 2.45) is 5.92 Å². The number of amides is 1. The van der Waals surface area contributed by atoms with Gasteiger partial charge in [-0.3, -0.25) is 19.5 Å². The summed E-state index contributed by atoms with van der Waals surface area (Å²) >= 11 is 5.81. The molecule has 3 aromatic rings. The lowest BCUT2D eigenvalue weighted by Gasteiger charge is -2.17. The lowest BCUT2D eigenvalue weighted by molar-refractivity contribution is -0.120. The van der Waals surface area contributed by atoms with Crippen molar-refractivity contribution in [1.29, 1.82) is 0 Å². The van der Waals surface area contributed by atoms with Gasteiger partial charge in [0.25, 0.3) is 5.56 Å². The SMILES string of the molecule is O=C1C(Cc2ccc(Cl)nc2)CCN1c1ccc(-c2ccncc2)c(=O)[nH]1. The van der Waals surface area contributed by atoms with Crippen molar-refractivity contribution in [3.8, 4) is 11.1 Å². The minimum atomic E-state index is -0.225. The molecule has 4 heterocycles. The Labute approximate surface area is 160 Å². The largest absolute Gasteiger partial charge is 0.308 e. The summed E-state index contributed by atoms with van der Waals surface area (Å²) in [6.45, 7) is 0.578. The van der Waals surface area contributed by atoms with Gasteiger partial charge in [-0.25, -0.2) is 4.98 Å². The van der Waals surface area contributed by atoms with Gasteiger partial charge < -0.3 is 4.98 Å². The number of halogens is 1. The molecule has 7 heteroatoms. The Balaban J connectivity index is 1.52. The summed E-state index contributed by atoms with van der Waals surface area (Å²) < 4.78 is 0. The van der Waals surface area contributed by atoms with Crippen molar-refractivity contribution in [2.45, 2.75) is 12.8 Å². The molecule has 1 saturated heterocycles. The lowest BCUT2D eigenvalue weighted by Crippen LogP contribution is -2.30. The summed E-state index contributed by atoms with van der Waals surface area (Å²) in [7, 11) is 0. The van der Waals surface area contributed by atoms with Crippen molar-refractivity contribution in [3.05, 3.63) is 76.1 Å². The molecule has 0 radical (unpaired) electrons. The molecular weight excluding hydrogens is 364 g/mol. The molecule has 0 aliphatic carbocycles. The van der Waals surface area contributed by atoms with Gasteiger partial charge in [0.2, 0.25) is 5.91 Å². The monoisotopic (exact) mass is 380 g/mol. The van der Waals surface area contributed by atoms with Crippen LogP contribution in [0.5, 0.6) is 0 Å². The highest BCUT2D eigenvalue weighted by Gasteiger charge is 2.33. The van der Waals surface area contributed by atoms with E-state index in [1.165, 1.54) is 0 Å². The van der Waals surface area contributed by atoms with Crippen molar-refractivity contribution in [3.63, 3.8) is 0 Å². The van der Waals surface area contributed by atoms with Gasteiger partial charge in [-0.2, -0.15) is 0 Å². The first-order chi connectivity index (χ1) is 13.1. The minimum Gasteiger partial charge on any atom is -0.308 e. The number of nitrogens with zero attached hydrogens (tertiary/aromatic N) is 3. The molecule has 0 aromatic carbocycles. The summed E-state index contributed by atoms with van der Waals surface area (Å²) in [6, 6.07) is 10.7. The van der Waals surface area contributed by atoms with Crippen LogP contribution in [0.4, 0.5) is 5.82 Å². The van der Waals surface area contributed by atoms with Crippen LogP contribution in [-0.2, 0) is 11.2 Å². The number of rotatable bonds is 4. The van der Waals surface area contributed by atoms with Crippen LogP contribution in [-0.4, -0.2) is 27.4 Å². The number of pyridine rings is 3. The number of nitrogens with one attached hydrogen (secondary N) is 1. The van der Waals surface area contributed by atoms with E-state index in [0.717, 1.165) is 17.5 Å². The Morgan fingerprint density at radius 1 is 1.11 bits per heavy atom. The van der Waals surface area contributed by atoms with Gasteiger partial charge in [0.1, 0.15) is 11.0 Å². The second kappa shape index (κ2) is 7.32. The fourth-order valence-electron chi connectivity index (χ4n) is 3.36. The zero-order chi connectivity index (χ0) is 18.8. The normalized spacial score (nSPS) is 16.7. The van der Waals surface area contributed by atoms with Crippen LogP contribution >= 0.6 is 11.6 Å². The number of carbonyl (C=O) groups is 1. The molecule has 1 aliphatic heterocycles. The molecule has 0 spiro atoms. The van der Waals surface area contributed by atoms with E-state index in [4.69, 9.17) is 11.6 Å². The molecule has 1 fully saturated rings. The average Bonchev–Trinajstić information content (AvgIpc) is 3.04. The number of H-pyrrole nitrogens is 1. The van der Waals surface area contributed by atoms with Crippen LogP contribution in [0.25, 0.3) is 11.1 Å². The summed E-state index contributed by atoms with van der Waals surface area (Å²) in [4.78, 5) is 37.8. The van der Waals surface area contributed by atoms with Gasteiger partial charge in [0.05, 0.1) is 0 Å². The number of anilines is 1. The molecule has 3 aromatic heterocycles.